The molecule has 0 aliphatic carbocycles. The number of amides is 1. The van der Waals surface area contributed by atoms with Crippen molar-refractivity contribution in [3.8, 4) is 0 Å². The van der Waals surface area contributed by atoms with E-state index in [1.54, 1.807) is 11.8 Å². The van der Waals surface area contributed by atoms with E-state index in [0.29, 0.717) is 23.5 Å². The van der Waals surface area contributed by atoms with Crippen molar-refractivity contribution in [3.63, 3.8) is 0 Å². The number of carbonyl (C=O) groups is 1. The quantitative estimate of drug-likeness (QED) is 0.764. The van der Waals surface area contributed by atoms with Crippen LogP contribution in [0.3, 0.4) is 0 Å². The van der Waals surface area contributed by atoms with Gasteiger partial charge in [0, 0.05) is 18.2 Å². The highest BCUT2D eigenvalue weighted by molar-refractivity contribution is 7.99. The molecular formula is C13H26N2OS. The van der Waals surface area contributed by atoms with Crippen molar-refractivity contribution in [2.75, 3.05) is 25.9 Å². The van der Waals surface area contributed by atoms with Crippen LogP contribution in [-0.2, 0) is 4.79 Å². The predicted molar refractivity (Wildman–Crippen MR) is 75.4 cm³/mol. The summed E-state index contributed by atoms with van der Waals surface area (Å²) in [6.07, 6.45) is 5.27. The Morgan fingerprint density at radius 3 is 2.88 bits per heavy atom. The molecule has 1 rings (SSSR count). The zero-order valence-electron chi connectivity index (χ0n) is 11.3. The number of rotatable bonds is 6. The average Bonchev–Trinajstić information content (AvgIpc) is 2.36. The van der Waals surface area contributed by atoms with Gasteiger partial charge in [0.25, 0.3) is 0 Å². The molecule has 100 valence electrons. The first-order valence-corrected chi connectivity index (χ1v) is 7.92. The van der Waals surface area contributed by atoms with Crippen LogP contribution in [0.1, 0.15) is 33.1 Å². The molecule has 1 amide bonds. The zero-order valence-corrected chi connectivity index (χ0v) is 12.1. The Kier molecular flexibility index (Phi) is 6.97. The summed E-state index contributed by atoms with van der Waals surface area (Å²) in [4.78, 5) is 11.8. The maximum atomic E-state index is 11.8. The Morgan fingerprint density at radius 1 is 1.53 bits per heavy atom. The summed E-state index contributed by atoms with van der Waals surface area (Å²) in [5.74, 6) is 1.38. The lowest BCUT2D eigenvalue weighted by atomic mass is 9.85. The number of piperidine rings is 1. The van der Waals surface area contributed by atoms with E-state index in [4.69, 9.17) is 0 Å². The van der Waals surface area contributed by atoms with E-state index in [0.717, 1.165) is 19.6 Å². The first-order chi connectivity index (χ1) is 8.13. The molecule has 1 aliphatic heterocycles. The van der Waals surface area contributed by atoms with Crippen LogP contribution in [0.15, 0.2) is 0 Å². The third-order valence-corrected chi connectivity index (χ3v) is 4.61. The molecule has 0 aromatic carbocycles. The summed E-state index contributed by atoms with van der Waals surface area (Å²) in [6, 6.07) is 0. The van der Waals surface area contributed by atoms with Gasteiger partial charge in [-0.3, -0.25) is 4.79 Å². The van der Waals surface area contributed by atoms with E-state index in [1.807, 2.05) is 0 Å². The molecule has 3 nitrogen and oxygen atoms in total. The summed E-state index contributed by atoms with van der Waals surface area (Å²) in [7, 11) is 0. The molecule has 0 bridgehead atoms. The number of thioether (sulfide) groups is 1. The van der Waals surface area contributed by atoms with Crippen molar-refractivity contribution < 1.29 is 4.79 Å². The van der Waals surface area contributed by atoms with Gasteiger partial charge in [-0.05, 0) is 44.0 Å². The lowest BCUT2D eigenvalue weighted by molar-refractivity contribution is -0.122. The molecule has 1 heterocycles. The first-order valence-electron chi connectivity index (χ1n) is 6.63. The second-order valence-electron chi connectivity index (χ2n) is 5.14. The van der Waals surface area contributed by atoms with Crippen molar-refractivity contribution >= 4 is 17.7 Å². The highest BCUT2D eigenvalue weighted by Gasteiger charge is 2.21. The van der Waals surface area contributed by atoms with Gasteiger partial charge in [-0.15, -0.1) is 0 Å². The molecule has 17 heavy (non-hydrogen) atoms. The summed E-state index contributed by atoms with van der Waals surface area (Å²) >= 11 is 1.79. The topological polar surface area (TPSA) is 41.1 Å². The Labute approximate surface area is 109 Å². The number of hydrogen-bond acceptors (Lipinski definition) is 3. The first kappa shape index (κ1) is 14.8. The van der Waals surface area contributed by atoms with E-state index in [9.17, 15) is 4.79 Å². The van der Waals surface area contributed by atoms with Gasteiger partial charge in [0.05, 0.1) is 0 Å². The molecular weight excluding hydrogens is 232 g/mol. The Bertz CT molecular complexity index is 229. The lowest BCUT2D eigenvalue weighted by Gasteiger charge is -2.28. The molecule has 0 radical (unpaired) electrons. The summed E-state index contributed by atoms with van der Waals surface area (Å²) in [5.41, 5.74) is 0. The fourth-order valence-electron chi connectivity index (χ4n) is 2.24. The van der Waals surface area contributed by atoms with Crippen LogP contribution < -0.4 is 10.6 Å². The fourth-order valence-corrected chi connectivity index (χ4v) is 2.49. The highest BCUT2D eigenvalue weighted by Crippen LogP contribution is 2.22. The van der Waals surface area contributed by atoms with Crippen LogP contribution in [0.5, 0.6) is 0 Å². The third kappa shape index (κ3) is 5.77. The highest BCUT2D eigenvalue weighted by atomic mass is 32.2. The number of carbonyl (C=O) groups excluding carboxylic acids is 1. The summed E-state index contributed by atoms with van der Waals surface area (Å²) in [6.45, 7) is 7.35. The monoisotopic (exact) mass is 258 g/mol. The van der Waals surface area contributed by atoms with Crippen molar-refractivity contribution in [2.45, 2.75) is 38.4 Å². The van der Waals surface area contributed by atoms with Gasteiger partial charge in [-0.25, -0.2) is 0 Å². The number of hydrogen-bond donors (Lipinski definition) is 2. The Morgan fingerprint density at radius 2 is 2.29 bits per heavy atom. The van der Waals surface area contributed by atoms with Crippen LogP contribution in [0, 0.1) is 11.8 Å². The minimum atomic E-state index is 0.212. The lowest BCUT2D eigenvalue weighted by Crippen LogP contribution is -2.36. The molecule has 1 saturated heterocycles. The van der Waals surface area contributed by atoms with E-state index in [2.05, 4.69) is 30.7 Å². The van der Waals surface area contributed by atoms with Crippen LogP contribution in [0.2, 0.25) is 0 Å². The molecule has 0 aromatic heterocycles. The largest absolute Gasteiger partial charge is 0.355 e. The standard InChI is InChI=1S/C13H26N2OS/c1-10(12-5-4-6-14-9-12)7-13(16)15-8-11(2)17-3/h10-12,14H,4-9H2,1-3H3,(H,15,16)/t10-,11+,12+/m0/s1. The Hall–Kier alpha value is -0.220. The molecule has 3 atom stereocenters. The summed E-state index contributed by atoms with van der Waals surface area (Å²) < 4.78 is 0. The van der Waals surface area contributed by atoms with Crippen LogP contribution in [0.4, 0.5) is 0 Å². The number of nitrogens with one attached hydrogen (secondary N) is 2. The summed E-state index contributed by atoms with van der Waals surface area (Å²) in [5, 5.41) is 6.94. The van der Waals surface area contributed by atoms with Crippen molar-refractivity contribution in [1.29, 1.82) is 0 Å². The molecule has 0 aromatic rings. The van der Waals surface area contributed by atoms with Crippen LogP contribution in [-0.4, -0.2) is 37.0 Å². The average molecular weight is 258 g/mol. The molecule has 0 spiro atoms. The molecule has 0 unspecified atom stereocenters. The fraction of sp³-hybridized carbons (Fsp3) is 0.923. The van der Waals surface area contributed by atoms with Crippen LogP contribution in [0.25, 0.3) is 0 Å². The van der Waals surface area contributed by atoms with Crippen molar-refractivity contribution in [3.05, 3.63) is 0 Å². The SMILES string of the molecule is CS[C@H](C)CNC(=O)C[C@H](C)[C@@H]1CCCNC1. The van der Waals surface area contributed by atoms with E-state index >= 15 is 0 Å². The second kappa shape index (κ2) is 7.98. The van der Waals surface area contributed by atoms with Crippen molar-refractivity contribution in [1.82, 2.24) is 10.6 Å². The molecule has 4 heteroatoms. The second-order valence-corrected chi connectivity index (χ2v) is 6.41. The molecule has 0 saturated carbocycles. The molecule has 1 aliphatic rings. The maximum absolute atomic E-state index is 11.8. The van der Waals surface area contributed by atoms with E-state index in [-0.39, 0.29) is 5.91 Å². The van der Waals surface area contributed by atoms with Gasteiger partial charge in [0.2, 0.25) is 5.91 Å². The molecule has 1 fully saturated rings. The van der Waals surface area contributed by atoms with Gasteiger partial charge < -0.3 is 10.6 Å². The van der Waals surface area contributed by atoms with Crippen molar-refractivity contribution in [2.24, 2.45) is 11.8 Å². The van der Waals surface area contributed by atoms with Gasteiger partial charge in [0.1, 0.15) is 0 Å². The minimum Gasteiger partial charge on any atom is -0.355 e. The Balaban J connectivity index is 2.20. The maximum Gasteiger partial charge on any atom is 0.220 e. The predicted octanol–water partition coefficient (Wildman–Crippen LogP) is 1.88. The minimum absolute atomic E-state index is 0.212. The van der Waals surface area contributed by atoms with E-state index in [1.165, 1.54) is 12.8 Å². The molecule has 2 N–H and O–H groups in total. The van der Waals surface area contributed by atoms with Gasteiger partial charge in [-0.2, -0.15) is 11.8 Å². The smallest absolute Gasteiger partial charge is 0.220 e. The van der Waals surface area contributed by atoms with Crippen LogP contribution >= 0.6 is 11.8 Å². The van der Waals surface area contributed by atoms with Gasteiger partial charge in [-0.1, -0.05) is 13.8 Å². The van der Waals surface area contributed by atoms with Gasteiger partial charge in [0.15, 0.2) is 0 Å². The third-order valence-electron chi connectivity index (χ3n) is 3.64. The van der Waals surface area contributed by atoms with E-state index < -0.39 is 0 Å². The van der Waals surface area contributed by atoms with Gasteiger partial charge >= 0.3 is 0 Å². The normalized spacial score (nSPS) is 24.1. The zero-order chi connectivity index (χ0) is 12.7.